The summed E-state index contributed by atoms with van der Waals surface area (Å²) in [5.41, 5.74) is 1.38. The Morgan fingerprint density at radius 1 is 1.04 bits per heavy atom. The summed E-state index contributed by atoms with van der Waals surface area (Å²) in [5, 5.41) is 2.93. The molecule has 3 saturated heterocycles. The van der Waals surface area contributed by atoms with Crippen LogP contribution in [0.5, 0.6) is 0 Å². The maximum absolute atomic E-state index is 12.6. The smallest absolute Gasteiger partial charge is 0.321 e. The standard InChI is InChI=1S/C19H26N4O3/c1-21-10-11-26-17-13-23(12-16(17)21)19(25)20-15-6-4-14(5-7-15)18(24)22-8-2-3-9-22/h4-7,16-17H,2-3,8-13H2,1H3,(H,20,25)/t16-,17+/m0/s1. The van der Waals surface area contributed by atoms with Crippen molar-refractivity contribution in [2.75, 3.05) is 51.7 Å². The van der Waals surface area contributed by atoms with E-state index >= 15 is 0 Å². The number of hydrogen-bond donors (Lipinski definition) is 1. The average molecular weight is 358 g/mol. The highest BCUT2D eigenvalue weighted by Gasteiger charge is 2.40. The fraction of sp³-hybridized carbons (Fsp3) is 0.579. The summed E-state index contributed by atoms with van der Waals surface area (Å²) in [5.74, 6) is 0.0733. The molecule has 2 atom stereocenters. The van der Waals surface area contributed by atoms with Gasteiger partial charge in [0.25, 0.3) is 5.91 Å². The van der Waals surface area contributed by atoms with E-state index in [0.717, 1.165) is 39.1 Å². The maximum atomic E-state index is 12.6. The molecule has 3 amide bonds. The number of amides is 3. The van der Waals surface area contributed by atoms with Crippen LogP contribution in [-0.4, -0.2) is 85.2 Å². The first-order valence-corrected chi connectivity index (χ1v) is 9.39. The van der Waals surface area contributed by atoms with Gasteiger partial charge in [0.05, 0.1) is 25.3 Å². The van der Waals surface area contributed by atoms with E-state index in [9.17, 15) is 9.59 Å². The highest BCUT2D eigenvalue weighted by molar-refractivity contribution is 5.95. The van der Waals surface area contributed by atoms with E-state index in [1.165, 1.54) is 0 Å². The zero-order chi connectivity index (χ0) is 18.1. The number of fused-ring (bicyclic) bond motifs is 1. The molecule has 1 aromatic carbocycles. The fourth-order valence-electron chi connectivity index (χ4n) is 4.02. The lowest BCUT2D eigenvalue weighted by Gasteiger charge is -2.33. The molecule has 0 radical (unpaired) electrons. The number of nitrogens with one attached hydrogen (secondary N) is 1. The molecule has 1 aromatic rings. The lowest BCUT2D eigenvalue weighted by molar-refractivity contribution is -0.0367. The maximum Gasteiger partial charge on any atom is 0.321 e. The topological polar surface area (TPSA) is 65.1 Å². The number of benzene rings is 1. The summed E-state index contributed by atoms with van der Waals surface area (Å²) >= 11 is 0. The molecule has 0 bridgehead atoms. The van der Waals surface area contributed by atoms with E-state index in [-0.39, 0.29) is 24.1 Å². The van der Waals surface area contributed by atoms with Gasteiger partial charge in [-0.1, -0.05) is 0 Å². The summed E-state index contributed by atoms with van der Waals surface area (Å²) < 4.78 is 5.79. The van der Waals surface area contributed by atoms with Crippen LogP contribution in [0.4, 0.5) is 10.5 Å². The van der Waals surface area contributed by atoms with Crippen LogP contribution in [0.3, 0.4) is 0 Å². The third-order valence-electron chi connectivity index (χ3n) is 5.64. The second-order valence-electron chi connectivity index (χ2n) is 7.37. The molecule has 0 unspecified atom stereocenters. The Morgan fingerprint density at radius 2 is 1.77 bits per heavy atom. The molecule has 7 heteroatoms. The fourth-order valence-corrected chi connectivity index (χ4v) is 4.02. The molecule has 0 saturated carbocycles. The van der Waals surface area contributed by atoms with Crippen molar-refractivity contribution in [2.45, 2.75) is 25.0 Å². The molecule has 140 valence electrons. The van der Waals surface area contributed by atoms with Crippen molar-refractivity contribution in [2.24, 2.45) is 0 Å². The first kappa shape index (κ1) is 17.3. The van der Waals surface area contributed by atoms with Crippen LogP contribution in [0.1, 0.15) is 23.2 Å². The van der Waals surface area contributed by atoms with Crippen LogP contribution in [0, 0.1) is 0 Å². The van der Waals surface area contributed by atoms with Crippen molar-refractivity contribution in [1.82, 2.24) is 14.7 Å². The number of morpholine rings is 1. The minimum Gasteiger partial charge on any atom is -0.373 e. The monoisotopic (exact) mass is 358 g/mol. The van der Waals surface area contributed by atoms with Gasteiger partial charge in [0.2, 0.25) is 0 Å². The lowest BCUT2D eigenvalue weighted by Crippen LogP contribution is -2.48. The summed E-state index contributed by atoms with van der Waals surface area (Å²) in [4.78, 5) is 30.9. The van der Waals surface area contributed by atoms with Crippen LogP contribution in [0.25, 0.3) is 0 Å². The van der Waals surface area contributed by atoms with Gasteiger partial charge in [0.15, 0.2) is 0 Å². The first-order chi connectivity index (χ1) is 12.6. The molecule has 1 N–H and O–H groups in total. The van der Waals surface area contributed by atoms with Gasteiger partial charge in [-0.15, -0.1) is 0 Å². The molecule has 26 heavy (non-hydrogen) atoms. The van der Waals surface area contributed by atoms with Gasteiger partial charge in [-0.25, -0.2) is 4.79 Å². The first-order valence-electron chi connectivity index (χ1n) is 9.39. The van der Waals surface area contributed by atoms with Crippen LogP contribution < -0.4 is 5.32 Å². The second-order valence-corrected chi connectivity index (χ2v) is 7.37. The quantitative estimate of drug-likeness (QED) is 0.870. The lowest BCUT2D eigenvalue weighted by atomic mass is 10.1. The molecule has 3 fully saturated rings. The van der Waals surface area contributed by atoms with E-state index in [1.54, 1.807) is 29.2 Å². The van der Waals surface area contributed by atoms with Gasteiger partial charge in [-0.05, 0) is 44.2 Å². The highest BCUT2D eigenvalue weighted by Crippen LogP contribution is 2.22. The Bertz CT molecular complexity index is 672. The number of likely N-dealkylation sites (N-methyl/N-ethyl adjacent to an activating group) is 1. The minimum absolute atomic E-state index is 0.0733. The number of ether oxygens (including phenoxy) is 1. The molecule has 0 aliphatic carbocycles. The van der Waals surface area contributed by atoms with E-state index in [1.807, 2.05) is 4.90 Å². The number of carbonyl (C=O) groups excluding carboxylic acids is 2. The summed E-state index contributed by atoms with van der Waals surface area (Å²) in [6.45, 7) is 4.60. The molecule has 0 aromatic heterocycles. The number of nitrogens with zero attached hydrogens (tertiary/aromatic N) is 3. The SMILES string of the molecule is CN1CCO[C@@H]2CN(C(=O)Nc3ccc(C(=O)N4CCCC4)cc3)C[C@@H]21. The van der Waals surface area contributed by atoms with Gasteiger partial charge in [-0.3, -0.25) is 9.69 Å². The van der Waals surface area contributed by atoms with E-state index in [0.29, 0.717) is 24.3 Å². The zero-order valence-corrected chi connectivity index (χ0v) is 15.2. The number of anilines is 1. The van der Waals surface area contributed by atoms with Gasteiger partial charge < -0.3 is 19.9 Å². The highest BCUT2D eigenvalue weighted by atomic mass is 16.5. The largest absolute Gasteiger partial charge is 0.373 e. The average Bonchev–Trinajstić information content (AvgIpc) is 3.32. The van der Waals surface area contributed by atoms with Crippen LogP contribution in [0.2, 0.25) is 0 Å². The third-order valence-corrected chi connectivity index (χ3v) is 5.64. The Balaban J connectivity index is 1.35. The predicted molar refractivity (Wildman–Crippen MR) is 98.3 cm³/mol. The van der Waals surface area contributed by atoms with Crippen molar-refractivity contribution >= 4 is 17.6 Å². The minimum atomic E-state index is -0.116. The van der Waals surface area contributed by atoms with Gasteiger partial charge in [0, 0.05) is 37.4 Å². The Kier molecular flexibility index (Phi) is 4.82. The molecule has 3 heterocycles. The zero-order valence-electron chi connectivity index (χ0n) is 15.2. The Hall–Kier alpha value is -2.12. The normalized spacial score (nSPS) is 26.0. The van der Waals surface area contributed by atoms with Gasteiger partial charge >= 0.3 is 6.03 Å². The molecular weight excluding hydrogens is 332 g/mol. The summed E-state index contributed by atoms with van der Waals surface area (Å²) in [6, 6.07) is 7.33. The van der Waals surface area contributed by atoms with Gasteiger partial charge in [-0.2, -0.15) is 0 Å². The van der Waals surface area contributed by atoms with Crippen molar-refractivity contribution in [3.8, 4) is 0 Å². The third kappa shape index (κ3) is 3.41. The molecule has 0 spiro atoms. The van der Waals surface area contributed by atoms with Crippen LogP contribution >= 0.6 is 0 Å². The van der Waals surface area contributed by atoms with Crippen molar-refractivity contribution in [3.05, 3.63) is 29.8 Å². The van der Waals surface area contributed by atoms with E-state index < -0.39 is 0 Å². The van der Waals surface area contributed by atoms with Crippen molar-refractivity contribution in [1.29, 1.82) is 0 Å². The van der Waals surface area contributed by atoms with Crippen molar-refractivity contribution in [3.63, 3.8) is 0 Å². The number of likely N-dealkylation sites (tertiary alicyclic amines) is 2. The molecular formula is C19H26N4O3. The molecule has 7 nitrogen and oxygen atoms in total. The molecule has 3 aliphatic heterocycles. The molecule has 4 rings (SSSR count). The van der Waals surface area contributed by atoms with Gasteiger partial charge in [0.1, 0.15) is 0 Å². The van der Waals surface area contributed by atoms with Crippen molar-refractivity contribution < 1.29 is 14.3 Å². The number of rotatable bonds is 2. The number of carbonyl (C=O) groups is 2. The van der Waals surface area contributed by atoms with Crippen LogP contribution in [0.15, 0.2) is 24.3 Å². The Labute approximate surface area is 153 Å². The predicted octanol–water partition coefficient (Wildman–Crippen LogP) is 1.47. The Morgan fingerprint density at radius 3 is 2.46 bits per heavy atom. The molecule has 3 aliphatic rings. The number of hydrogen-bond acceptors (Lipinski definition) is 4. The van der Waals surface area contributed by atoms with E-state index in [2.05, 4.69) is 17.3 Å². The van der Waals surface area contributed by atoms with E-state index in [4.69, 9.17) is 4.74 Å². The van der Waals surface area contributed by atoms with Crippen LogP contribution in [-0.2, 0) is 4.74 Å². The summed E-state index contributed by atoms with van der Waals surface area (Å²) in [6.07, 6.45) is 2.26. The number of urea groups is 1. The second kappa shape index (κ2) is 7.25. The summed E-state index contributed by atoms with van der Waals surface area (Å²) in [7, 11) is 2.08.